The van der Waals surface area contributed by atoms with Crippen LogP contribution in [0.1, 0.15) is 17.4 Å². The summed E-state index contributed by atoms with van der Waals surface area (Å²) in [6, 6.07) is 21.8. The first-order chi connectivity index (χ1) is 15.2. The first-order valence-corrected chi connectivity index (χ1v) is 9.97. The maximum absolute atomic E-state index is 6.03. The number of aromatic nitrogens is 4. The third kappa shape index (κ3) is 3.05. The van der Waals surface area contributed by atoms with E-state index < -0.39 is 0 Å². The third-order valence-corrected chi connectivity index (χ3v) is 5.32. The van der Waals surface area contributed by atoms with Crippen molar-refractivity contribution in [2.45, 2.75) is 12.8 Å². The van der Waals surface area contributed by atoms with Gasteiger partial charge in [-0.3, -0.25) is 9.88 Å². The minimum Gasteiger partial charge on any atom is -0.487 e. The molecule has 31 heavy (non-hydrogen) atoms. The van der Waals surface area contributed by atoms with Gasteiger partial charge in [0.2, 0.25) is 5.95 Å². The Balaban J connectivity index is 1.26. The second-order valence-electron chi connectivity index (χ2n) is 7.36. The summed E-state index contributed by atoms with van der Waals surface area (Å²) in [5.41, 5.74) is 10.7. The number of anilines is 1. The van der Waals surface area contributed by atoms with Crippen molar-refractivity contribution in [1.82, 2.24) is 18.9 Å². The summed E-state index contributed by atoms with van der Waals surface area (Å²) in [5.74, 6) is 1.80. The summed E-state index contributed by atoms with van der Waals surface area (Å²) in [5, 5.41) is 3.06. The topological polar surface area (TPSA) is 94.8 Å². The van der Waals surface area contributed by atoms with Crippen LogP contribution >= 0.6 is 0 Å². The molecule has 0 saturated carbocycles. The van der Waals surface area contributed by atoms with Gasteiger partial charge in [0.15, 0.2) is 12.1 Å². The van der Waals surface area contributed by atoms with Crippen LogP contribution in [-0.2, 0) is 6.61 Å². The number of rotatable bonds is 4. The zero-order valence-corrected chi connectivity index (χ0v) is 16.5. The summed E-state index contributed by atoms with van der Waals surface area (Å²) in [4.78, 5) is 13.8. The van der Waals surface area contributed by atoms with Crippen molar-refractivity contribution in [3.63, 3.8) is 0 Å². The number of fused-ring (bicyclic) bond motifs is 4. The minimum absolute atomic E-state index is 0.295. The van der Waals surface area contributed by atoms with Crippen LogP contribution in [0.4, 0.5) is 5.95 Å². The van der Waals surface area contributed by atoms with Crippen molar-refractivity contribution in [3.8, 4) is 5.75 Å². The molecule has 0 aliphatic carbocycles. The molecule has 3 N–H and O–H groups in total. The van der Waals surface area contributed by atoms with Crippen molar-refractivity contribution in [1.29, 1.82) is 0 Å². The second kappa shape index (κ2) is 6.88. The lowest BCUT2D eigenvalue weighted by Gasteiger charge is -2.24. The average Bonchev–Trinajstić information content (AvgIpc) is 3.38. The number of para-hydroxylation sites is 2. The first kappa shape index (κ1) is 17.5. The third-order valence-electron chi connectivity index (χ3n) is 5.32. The number of nitrogens with two attached hydrogens (primary N) is 1. The van der Waals surface area contributed by atoms with Gasteiger partial charge in [-0.1, -0.05) is 30.3 Å². The Morgan fingerprint density at radius 1 is 0.968 bits per heavy atom. The summed E-state index contributed by atoms with van der Waals surface area (Å²) >= 11 is 0. The number of benzene rings is 2. The van der Waals surface area contributed by atoms with Gasteiger partial charge in [-0.2, -0.15) is 0 Å². The zero-order chi connectivity index (χ0) is 20.8. The second-order valence-corrected chi connectivity index (χ2v) is 7.36. The molecule has 0 fully saturated rings. The van der Waals surface area contributed by atoms with Crippen LogP contribution in [0.3, 0.4) is 0 Å². The van der Waals surface area contributed by atoms with E-state index in [2.05, 4.69) is 24.8 Å². The Morgan fingerprint density at radius 3 is 2.68 bits per heavy atom. The van der Waals surface area contributed by atoms with Gasteiger partial charge in [-0.15, -0.1) is 0 Å². The van der Waals surface area contributed by atoms with Gasteiger partial charge in [0.05, 0.1) is 16.7 Å². The number of hydrogen-bond donors (Lipinski definition) is 2. The smallest absolute Gasteiger partial charge is 0.212 e. The maximum atomic E-state index is 6.03. The first-order valence-electron chi connectivity index (χ1n) is 9.97. The van der Waals surface area contributed by atoms with Crippen LogP contribution in [0.15, 0.2) is 84.1 Å². The summed E-state index contributed by atoms with van der Waals surface area (Å²) in [7, 11) is 0. The molecule has 0 amide bonds. The lowest BCUT2D eigenvalue weighted by atomic mass is 10.1. The number of imidazole rings is 2. The van der Waals surface area contributed by atoms with E-state index in [9.17, 15) is 0 Å². The van der Waals surface area contributed by atoms with E-state index in [1.54, 1.807) is 0 Å². The standard InChI is InChI=1S/C23H19N7O/c24-22-27-21(30-19-6-2-1-5-18(19)26-23(30)28-22)15-8-10-17(11-9-15)31-14-16-13-29-12-4-3-7-20(29)25-16/h1-13,21H,14H2,(H3,24,26,27,28). The monoisotopic (exact) mass is 409 g/mol. The highest BCUT2D eigenvalue weighted by Crippen LogP contribution is 2.32. The Bertz CT molecular complexity index is 1400. The molecule has 0 saturated heterocycles. The predicted molar refractivity (Wildman–Crippen MR) is 119 cm³/mol. The SMILES string of the molecule is NC1=NC(c2ccc(OCc3cn4ccccc4n3)cc2)n2c(nc3ccccc32)N1. The summed E-state index contributed by atoms with van der Waals surface area (Å²) < 4.78 is 9.98. The van der Waals surface area contributed by atoms with Crippen LogP contribution in [0.25, 0.3) is 16.7 Å². The van der Waals surface area contributed by atoms with E-state index in [4.69, 9.17) is 10.5 Å². The highest BCUT2D eigenvalue weighted by Gasteiger charge is 2.24. The molecule has 2 aromatic carbocycles. The molecular formula is C23H19N7O. The lowest BCUT2D eigenvalue weighted by molar-refractivity contribution is 0.302. The largest absolute Gasteiger partial charge is 0.487 e. The normalized spacial score (nSPS) is 15.5. The van der Waals surface area contributed by atoms with Gasteiger partial charge in [0.25, 0.3) is 0 Å². The van der Waals surface area contributed by atoms with Gasteiger partial charge in [0, 0.05) is 12.4 Å². The van der Waals surface area contributed by atoms with Gasteiger partial charge < -0.3 is 14.9 Å². The molecule has 8 nitrogen and oxygen atoms in total. The Morgan fingerprint density at radius 2 is 1.81 bits per heavy atom. The van der Waals surface area contributed by atoms with E-state index in [-0.39, 0.29) is 6.17 Å². The predicted octanol–water partition coefficient (Wildman–Crippen LogP) is 3.55. The Kier molecular flexibility index (Phi) is 3.89. The molecule has 1 aliphatic rings. The fourth-order valence-electron chi connectivity index (χ4n) is 3.89. The Labute approximate surface area is 177 Å². The van der Waals surface area contributed by atoms with E-state index in [0.29, 0.717) is 18.5 Å². The molecule has 3 aromatic heterocycles. The maximum Gasteiger partial charge on any atom is 0.212 e. The molecular weight excluding hydrogens is 390 g/mol. The van der Waals surface area contributed by atoms with Crippen LogP contribution in [0.5, 0.6) is 5.75 Å². The minimum atomic E-state index is -0.295. The number of hydrogen-bond acceptors (Lipinski definition) is 6. The van der Waals surface area contributed by atoms with Crippen molar-refractivity contribution in [2.24, 2.45) is 10.7 Å². The highest BCUT2D eigenvalue weighted by atomic mass is 16.5. The number of aliphatic imine (C=N–C) groups is 1. The molecule has 152 valence electrons. The summed E-state index contributed by atoms with van der Waals surface area (Å²) in [6.07, 6.45) is 3.65. The van der Waals surface area contributed by atoms with Crippen LogP contribution in [0.2, 0.25) is 0 Å². The van der Waals surface area contributed by atoms with Crippen LogP contribution in [-0.4, -0.2) is 24.9 Å². The van der Waals surface area contributed by atoms with Crippen molar-refractivity contribution < 1.29 is 4.74 Å². The number of ether oxygens (including phenoxy) is 1. The van der Waals surface area contributed by atoms with Crippen molar-refractivity contribution in [2.75, 3.05) is 5.32 Å². The van der Waals surface area contributed by atoms with Crippen molar-refractivity contribution >= 4 is 28.6 Å². The number of pyridine rings is 1. The number of nitrogens with one attached hydrogen (secondary N) is 1. The van der Waals surface area contributed by atoms with Gasteiger partial charge in [-0.25, -0.2) is 15.0 Å². The molecule has 1 aliphatic heterocycles. The van der Waals surface area contributed by atoms with Gasteiger partial charge in [-0.05, 0) is 42.0 Å². The molecule has 1 atom stereocenters. The van der Waals surface area contributed by atoms with E-state index in [1.807, 2.05) is 83.5 Å². The van der Waals surface area contributed by atoms with Crippen molar-refractivity contribution in [3.05, 3.63) is 90.4 Å². The highest BCUT2D eigenvalue weighted by molar-refractivity contribution is 5.94. The average molecular weight is 409 g/mol. The van der Waals surface area contributed by atoms with Crippen LogP contribution < -0.4 is 15.8 Å². The lowest BCUT2D eigenvalue weighted by Crippen LogP contribution is -2.31. The van der Waals surface area contributed by atoms with Crippen LogP contribution in [0, 0.1) is 0 Å². The summed E-state index contributed by atoms with van der Waals surface area (Å²) in [6.45, 7) is 0.399. The molecule has 8 heteroatoms. The molecule has 0 bridgehead atoms. The fourth-order valence-corrected chi connectivity index (χ4v) is 3.89. The Hall–Kier alpha value is -4.33. The molecule has 5 aromatic rings. The molecule has 6 rings (SSSR count). The number of guanidine groups is 1. The van der Waals surface area contributed by atoms with E-state index in [1.165, 1.54) is 0 Å². The molecule has 4 heterocycles. The molecule has 0 spiro atoms. The zero-order valence-electron chi connectivity index (χ0n) is 16.5. The van der Waals surface area contributed by atoms with E-state index in [0.717, 1.165) is 33.7 Å². The van der Waals surface area contributed by atoms with Gasteiger partial charge >= 0.3 is 0 Å². The van der Waals surface area contributed by atoms with E-state index >= 15 is 0 Å². The quantitative estimate of drug-likeness (QED) is 0.473. The number of nitrogens with zero attached hydrogens (tertiary/aromatic N) is 5. The molecule has 0 radical (unpaired) electrons. The van der Waals surface area contributed by atoms with Gasteiger partial charge in [0.1, 0.15) is 18.0 Å². The molecule has 1 unspecified atom stereocenters. The fraction of sp³-hybridized carbons (Fsp3) is 0.0870.